The van der Waals surface area contributed by atoms with Gasteiger partial charge in [-0.1, -0.05) is 12.1 Å². The fourth-order valence-corrected chi connectivity index (χ4v) is 3.26. The first kappa shape index (κ1) is 26.2. The quantitative estimate of drug-likeness (QED) is 0.314. The molecule has 2 rings (SSSR count). The van der Waals surface area contributed by atoms with Gasteiger partial charge in [-0.05, 0) is 25.0 Å². The van der Waals surface area contributed by atoms with Crippen molar-refractivity contribution in [1.29, 1.82) is 0 Å². The average Bonchev–Trinajstić information content (AvgIpc) is 2.70. The SMILES string of the molecule is CN(C)C(=O)CCC(=O)OCOC(=O)c1cccc2c1OB(O)[C@@H](CC(=O)CC(C)(F)F)C2. The lowest BCUT2D eigenvalue weighted by Gasteiger charge is -2.28. The lowest BCUT2D eigenvalue weighted by molar-refractivity contribution is -0.153. The monoisotopic (exact) mass is 469 g/mol. The summed E-state index contributed by atoms with van der Waals surface area (Å²) in [6.07, 6.45) is -1.32. The summed E-state index contributed by atoms with van der Waals surface area (Å²) in [5.41, 5.74) is 0.463. The number of fused-ring (bicyclic) bond motifs is 1. The Kier molecular flexibility index (Phi) is 8.92. The summed E-state index contributed by atoms with van der Waals surface area (Å²) in [5, 5.41) is 10.2. The summed E-state index contributed by atoms with van der Waals surface area (Å²) in [6.45, 7) is -0.0328. The van der Waals surface area contributed by atoms with Crippen LogP contribution in [-0.4, -0.2) is 67.5 Å². The maximum atomic E-state index is 13.1. The Labute approximate surface area is 190 Å². The molecule has 0 spiro atoms. The lowest BCUT2D eigenvalue weighted by atomic mass is 9.64. The standard InChI is InChI=1S/C21H26BF2NO8/c1-21(23,24)11-15(26)10-14-9-13-5-4-6-16(19(13)33-22(14)30)20(29)32-12-31-18(28)8-7-17(27)25(2)3/h4-6,14,30H,7-12H2,1-3H3/t14-/m1/s1. The van der Waals surface area contributed by atoms with Gasteiger partial charge in [0.1, 0.15) is 17.1 Å². The highest BCUT2D eigenvalue weighted by atomic mass is 19.3. The van der Waals surface area contributed by atoms with Gasteiger partial charge in [0.05, 0.1) is 12.8 Å². The molecule has 0 aliphatic carbocycles. The lowest BCUT2D eigenvalue weighted by Crippen LogP contribution is -2.36. The van der Waals surface area contributed by atoms with Gasteiger partial charge in [-0.25, -0.2) is 13.6 Å². The molecular weight excluding hydrogens is 443 g/mol. The Morgan fingerprint density at radius 1 is 1.21 bits per heavy atom. The number of halogens is 2. The zero-order valence-electron chi connectivity index (χ0n) is 18.6. The normalized spacial score (nSPS) is 15.2. The van der Waals surface area contributed by atoms with Crippen LogP contribution in [0.3, 0.4) is 0 Å². The number of alkyl halides is 2. The van der Waals surface area contributed by atoms with Crippen LogP contribution in [0, 0.1) is 0 Å². The molecule has 1 aliphatic rings. The molecule has 0 aromatic heterocycles. The number of nitrogens with zero attached hydrogens (tertiary/aromatic N) is 1. The van der Waals surface area contributed by atoms with Crippen LogP contribution in [0.1, 0.15) is 48.5 Å². The first-order valence-electron chi connectivity index (χ1n) is 10.3. The minimum Gasteiger partial charge on any atom is -0.535 e. The maximum Gasteiger partial charge on any atom is 0.526 e. The number of carbonyl (C=O) groups excluding carboxylic acids is 4. The van der Waals surface area contributed by atoms with Gasteiger partial charge in [0, 0.05) is 32.8 Å². The van der Waals surface area contributed by atoms with E-state index in [1.54, 1.807) is 20.2 Å². The van der Waals surface area contributed by atoms with Gasteiger partial charge in [0.25, 0.3) is 5.92 Å². The predicted octanol–water partition coefficient (Wildman–Crippen LogP) is 2.00. The zero-order chi connectivity index (χ0) is 24.8. The topological polar surface area (TPSA) is 119 Å². The molecule has 0 saturated carbocycles. The second kappa shape index (κ2) is 11.2. The Morgan fingerprint density at radius 3 is 2.55 bits per heavy atom. The summed E-state index contributed by atoms with van der Waals surface area (Å²) in [4.78, 5) is 48.7. The molecule has 1 amide bonds. The number of esters is 2. The number of amides is 1. The van der Waals surface area contributed by atoms with Crippen LogP contribution in [0.2, 0.25) is 5.82 Å². The van der Waals surface area contributed by atoms with E-state index in [2.05, 4.69) is 0 Å². The van der Waals surface area contributed by atoms with Gasteiger partial charge in [0.15, 0.2) is 0 Å². The number of benzene rings is 1. The largest absolute Gasteiger partial charge is 0.535 e. The summed E-state index contributed by atoms with van der Waals surface area (Å²) in [5.74, 6) is -6.40. The molecule has 0 bridgehead atoms. The maximum absolute atomic E-state index is 13.1. The number of ketones is 1. The van der Waals surface area contributed by atoms with E-state index in [4.69, 9.17) is 14.1 Å². The third-order valence-corrected chi connectivity index (χ3v) is 4.89. The molecule has 0 radical (unpaired) electrons. The van der Waals surface area contributed by atoms with Gasteiger partial charge < -0.3 is 24.1 Å². The smallest absolute Gasteiger partial charge is 0.526 e. The molecule has 0 unspecified atom stereocenters. The van der Waals surface area contributed by atoms with Gasteiger partial charge in [0.2, 0.25) is 12.7 Å². The summed E-state index contributed by atoms with van der Waals surface area (Å²) in [7, 11) is 1.63. The van der Waals surface area contributed by atoms with Gasteiger partial charge in [-0.2, -0.15) is 0 Å². The van der Waals surface area contributed by atoms with E-state index in [9.17, 15) is 33.0 Å². The van der Waals surface area contributed by atoms with Crippen LogP contribution in [0.25, 0.3) is 0 Å². The highest BCUT2D eigenvalue weighted by Gasteiger charge is 2.39. The third-order valence-electron chi connectivity index (χ3n) is 4.89. The summed E-state index contributed by atoms with van der Waals surface area (Å²) >= 11 is 0. The van der Waals surface area contributed by atoms with E-state index in [-0.39, 0.29) is 42.9 Å². The molecule has 1 atom stereocenters. The Hall–Kier alpha value is -3.02. The van der Waals surface area contributed by atoms with Crippen molar-refractivity contribution in [3.8, 4) is 5.75 Å². The molecule has 0 saturated heterocycles. The van der Waals surface area contributed by atoms with Crippen molar-refractivity contribution in [3.63, 3.8) is 0 Å². The van der Waals surface area contributed by atoms with E-state index in [1.807, 2.05) is 0 Å². The second-order valence-electron chi connectivity index (χ2n) is 8.11. The number of hydrogen-bond donors (Lipinski definition) is 1. The highest BCUT2D eigenvalue weighted by Crippen LogP contribution is 2.37. The van der Waals surface area contributed by atoms with Crippen molar-refractivity contribution >= 4 is 30.7 Å². The number of rotatable bonds is 10. The fraction of sp³-hybridized carbons (Fsp3) is 0.524. The minimum atomic E-state index is -3.14. The van der Waals surface area contributed by atoms with Gasteiger partial charge in [-0.3, -0.25) is 14.4 Å². The van der Waals surface area contributed by atoms with Crippen molar-refractivity contribution < 1.29 is 47.1 Å². The van der Waals surface area contributed by atoms with E-state index in [0.29, 0.717) is 12.5 Å². The minimum absolute atomic E-state index is 0.0322. The van der Waals surface area contributed by atoms with Crippen molar-refractivity contribution in [1.82, 2.24) is 4.90 Å². The van der Waals surface area contributed by atoms with Gasteiger partial charge >= 0.3 is 19.1 Å². The van der Waals surface area contributed by atoms with Crippen LogP contribution >= 0.6 is 0 Å². The van der Waals surface area contributed by atoms with Crippen LogP contribution in [0.15, 0.2) is 18.2 Å². The van der Waals surface area contributed by atoms with Crippen LogP contribution in [0.5, 0.6) is 5.75 Å². The number of para-hydroxylation sites is 1. The van der Waals surface area contributed by atoms with Crippen molar-refractivity contribution in [2.75, 3.05) is 20.9 Å². The van der Waals surface area contributed by atoms with E-state index in [0.717, 1.165) is 0 Å². The molecule has 1 aromatic carbocycles. The van der Waals surface area contributed by atoms with Crippen molar-refractivity contribution in [3.05, 3.63) is 29.3 Å². The number of Topliss-reactive ketones (excluding diaryl/α,β-unsaturated/α-hetero) is 1. The first-order valence-corrected chi connectivity index (χ1v) is 10.3. The first-order chi connectivity index (χ1) is 15.4. The Balaban J connectivity index is 1.93. The molecule has 0 fully saturated rings. The predicted molar refractivity (Wildman–Crippen MR) is 112 cm³/mol. The third kappa shape index (κ3) is 8.12. The molecule has 12 heteroatoms. The fourth-order valence-electron chi connectivity index (χ4n) is 3.26. The van der Waals surface area contributed by atoms with Crippen LogP contribution < -0.4 is 4.65 Å². The van der Waals surface area contributed by atoms with E-state index < -0.39 is 49.8 Å². The van der Waals surface area contributed by atoms with Gasteiger partial charge in [-0.15, -0.1) is 0 Å². The molecule has 1 heterocycles. The summed E-state index contributed by atoms with van der Waals surface area (Å²) in [6, 6.07) is 4.54. The Bertz CT molecular complexity index is 903. The molecule has 180 valence electrons. The molecule has 33 heavy (non-hydrogen) atoms. The number of ether oxygens (including phenoxy) is 2. The number of hydrogen-bond acceptors (Lipinski definition) is 8. The zero-order valence-corrected chi connectivity index (χ0v) is 18.6. The second-order valence-corrected chi connectivity index (χ2v) is 8.11. The molecule has 1 N–H and O–H groups in total. The average molecular weight is 469 g/mol. The van der Waals surface area contributed by atoms with Crippen molar-refractivity contribution in [2.24, 2.45) is 0 Å². The van der Waals surface area contributed by atoms with Crippen LogP contribution in [0.4, 0.5) is 8.78 Å². The summed E-state index contributed by atoms with van der Waals surface area (Å²) < 4.78 is 41.2. The van der Waals surface area contributed by atoms with Crippen LogP contribution in [-0.2, 0) is 30.3 Å². The highest BCUT2D eigenvalue weighted by molar-refractivity contribution is 6.47. The van der Waals surface area contributed by atoms with E-state index in [1.165, 1.54) is 17.0 Å². The molecular formula is C21H26BF2NO8. The molecule has 1 aromatic rings. The molecule has 1 aliphatic heterocycles. The Morgan fingerprint density at radius 2 is 1.91 bits per heavy atom. The molecule has 9 nitrogen and oxygen atoms in total. The van der Waals surface area contributed by atoms with E-state index >= 15 is 0 Å². The van der Waals surface area contributed by atoms with Crippen molar-refractivity contribution in [2.45, 2.75) is 50.8 Å². The number of carbonyl (C=O) groups is 4.